The summed E-state index contributed by atoms with van der Waals surface area (Å²) in [7, 11) is -3.15. The molecule has 0 aromatic heterocycles. The van der Waals surface area contributed by atoms with E-state index >= 15 is 0 Å². The first kappa shape index (κ1) is 15.0. The lowest BCUT2D eigenvalue weighted by Crippen LogP contribution is -2.40. The third kappa shape index (κ3) is 4.53. The highest BCUT2D eigenvalue weighted by atomic mass is 32.2. The molecular formula is C16H24N2O2S. The van der Waals surface area contributed by atoms with E-state index in [1.165, 1.54) is 24.0 Å². The zero-order valence-electron chi connectivity index (χ0n) is 12.3. The molecule has 0 spiro atoms. The van der Waals surface area contributed by atoms with Crippen LogP contribution >= 0.6 is 0 Å². The van der Waals surface area contributed by atoms with Crippen LogP contribution in [0.5, 0.6) is 0 Å². The number of nitrogens with one attached hydrogen (secondary N) is 2. The van der Waals surface area contributed by atoms with Crippen molar-refractivity contribution >= 4 is 10.0 Å². The van der Waals surface area contributed by atoms with Gasteiger partial charge in [-0.15, -0.1) is 0 Å². The molecule has 1 saturated carbocycles. The van der Waals surface area contributed by atoms with Gasteiger partial charge in [0, 0.05) is 12.1 Å². The molecule has 0 bridgehead atoms. The van der Waals surface area contributed by atoms with Crippen molar-refractivity contribution in [2.24, 2.45) is 0 Å². The Morgan fingerprint density at radius 2 is 1.81 bits per heavy atom. The van der Waals surface area contributed by atoms with Crippen molar-refractivity contribution in [1.82, 2.24) is 10.0 Å². The van der Waals surface area contributed by atoms with Crippen molar-refractivity contribution in [3.8, 4) is 0 Å². The number of benzene rings is 1. The standard InChI is InChI=1S/C16H24N2O2S/c19-21(20,11-3-10-17-15-8-9-15)18-16-7-6-13-4-1-2-5-14(13)12-16/h1-2,4-5,15-18H,3,6-12H2. The first-order valence-electron chi connectivity index (χ1n) is 7.92. The van der Waals surface area contributed by atoms with Crippen LogP contribution in [0.3, 0.4) is 0 Å². The smallest absolute Gasteiger partial charge is 0.211 e. The molecular weight excluding hydrogens is 284 g/mol. The van der Waals surface area contributed by atoms with Crippen LogP contribution in [0, 0.1) is 0 Å². The summed E-state index contributed by atoms with van der Waals surface area (Å²) in [6.07, 6.45) is 5.85. The highest BCUT2D eigenvalue weighted by Gasteiger charge is 2.23. The van der Waals surface area contributed by atoms with E-state index in [0.717, 1.165) is 25.8 Å². The lowest BCUT2D eigenvalue weighted by Gasteiger charge is -2.25. The van der Waals surface area contributed by atoms with Gasteiger partial charge in [-0.05, 0) is 56.2 Å². The van der Waals surface area contributed by atoms with E-state index < -0.39 is 10.0 Å². The fraction of sp³-hybridized carbons (Fsp3) is 0.625. The Labute approximate surface area is 127 Å². The largest absolute Gasteiger partial charge is 0.314 e. The average Bonchev–Trinajstić information content (AvgIpc) is 3.27. The quantitative estimate of drug-likeness (QED) is 0.752. The minimum atomic E-state index is -3.15. The topological polar surface area (TPSA) is 58.2 Å². The number of sulfonamides is 1. The van der Waals surface area contributed by atoms with Crippen LogP contribution in [0.25, 0.3) is 0 Å². The van der Waals surface area contributed by atoms with E-state index in [1.54, 1.807) is 0 Å². The molecule has 4 nitrogen and oxygen atoms in total. The van der Waals surface area contributed by atoms with Gasteiger partial charge >= 0.3 is 0 Å². The molecule has 0 heterocycles. The Morgan fingerprint density at radius 3 is 2.57 bits per heavy atom. The number of rotatable bonds is 7. The lowest BCUT2D eigenvalue weighted by atomic mass is 9.89. The fourth-order valence-corrected chi connectivity index (χ4v) is 4.32. The van der Waals surface area contributed by atoms with E-state index in [0.29, 0.717) is 12.5 Å². The van der Waals surface area contributed by atoms with Gasteiger partial charge in [0.15, 0.2) is 0 Å². The molecule has 1 unspecified atom stereocenters. The third-order valence-corrected chi connectivity index (χ3v) is 5.81. The van der Waals surface area contributed by atoms with E-state index in [9.17, 15) is 8.42 Å². The number of hydrogen-bond donors (Lipinski definition) is 2. The van der Waals surface area contributed by atoms with Crippen LogP contribution in [-0.2, 0) is 22.9 Å². The summed E-state index contributed by atoms with van der Waals surface area (Å²) in [5.41, 5.74) is 2.65. The molecule has 116 valence electrons. The summed E-state index contributed by atoms with van der Waals surface area (Å²) in [6, 6.07) is 9.03. The Morgan fingerprint density at radius 1 is 1.05 bits per heavy atom. The van der Waals surface area contributed by atoms with Crippen LogP contribution in [0.4, 0.5) is 0 Å². The van der Waals surface area contributed by atoms with Gasteiger partial charge in [-0.1, -0.05) is 24.3 Å². The maximum absolute atomic E-state index is 12.1. The second kappa shape index (κ2) is 6.46. The Balaban J connectivity index is 1.46. The van der Waals surface area contributed by atoms with Gasteiger partial charge in [-0.2, -0.15) is 0 Å². The van der Waals surface area contributed by atoms with Gasteiger partial charge in [-0.3, -0.25) is 0 Å². The highest BCUT2D eigenvalue weighted by Crippen LogP contribution is 2.21. The monoisotopic (exact) mass is 308 g/mol. The Kier molecular flexibility index (Phi) is 4.62. The first-order valence-corrected chi connectivity index (χ1v) is 9.58. The van der Waals surface area contributed by atoms with Crippen molar-refractivity contribution in [3.63, 3.8) is 0 Å². The molecule has 1 atom stereocenters. The van der Waals surface area contributed by atoms with E-state index in [4.69, 9.17) is 0 Å². The molecule has 2 aliphatic carbocycles. The maximum Gasteiger partial charge on any atom is 0.211 e. The summed E-state index contributed by atoms with van der Waals surface area (Å²) in [4.78, 5) is 0. The average molecular weight is 308 g/mol. The van der Waals surface area contributed by atoms with Gasteiger partial charge in [-0.25, -0.2) is 13.1 Å². The summed E-state index contributed by atoms with van der Waals surface area (Å²) in [6.45, 7) is 0.805. The second-order valence-electron chi connectivity index (χ2n) is 6.23. The van der Waals surface area contributed by atoms with E-state index in [1.807, 2.05) is 6.07 Å². The predicted molar refractivity (Wildman–Crippen MR) is 84.8 cm³/mol. The second-order valence-corrected chi connectivity index (χ2v) is 8.10. The molecule has 2 aliphatic rings. The number of hydrogen-bond acceptors (Lipinski definition) is 3. The van der Waals surface area contributed by atoms with Crippen molar-refractivity contribution in [2.45, 2.75) is 50.6 Å². The van der Waals surface area contributed by atoms with Crippen molar-refractivity contribution in [2.75, 3.05) is 12.3 Å². The van der Waals surface area contributed by atoms with Gasteiger partial charge in [0.25, 0.3) is 0 Å². The van der Waals surface area contributed by atoms with E-state index in [-0.39, 0.29) is 11.8 Å². The molecule has 0 amide bonds. The highest BCUT2D eigenvalue weighted by molar-refractivity contribution is 7.89. The maximum atomic E-state index is 12.1. The minimum Gasteiger partial charge on any atom is -0.314 e. The van der Waals surface area contributed by atoms with Gasteiger partial charge in [0.1, 0.15) is 0 Å². The van der Waals surface area contributed by atoms with Gasteiger partial charge in [0.2, 0.25) is 10.0 Å². The molecule has 1 aromatic carbocycles. The molecule has 5 heteroatoms. The van der Waals surface area contributed by atoms with Crippen molar-refractivity contribution in [3.05, 3.63) is 35.4 Å². The van der Waals surface area contributed by atoms with E-state index in [2.05, 4.69) is 28.2 Å². The number of aryl methyl sites for hydroxylation is 1. The predicted octanol–water partition coefficient (Wildman–Crippen LogP) is 1.61. The van der Waals surface area contributed by atoms with Crippen LogP contribution in [-0.4, -0.2) is 32.8 Å². The van der Waals surface area contributed by atoms with Gasteiger partial charge < -0.3 is 5.32 Å². The van der Waals surface area contributed by atoms with Crippen molar-refractivity contribution in [1.29, 1.82) is 0 Å². The zero-order chi connectivity index (χ0) is 14.7. The summed E-state index contributed by atoms with van der Waals surface area (Å²) in [5, 5.41) is 3.35. The summed E-state index contributed by atoms with van der Waals surface area (Å²) in [5.74, 6) is 0.227. The molecule has 1 aromatic rings. The minimum absolute atomic E-state index is 0.0568. The molecule has 0 radical (unpaired) electrons. The molecule has 21 heavy (non-hydrogen) atoms. The third-order valence-electron chi connectivity index (χ3n) is 4.29. The lowest BCUT2D eigenvalue weighted by molar-refractivity contribution is 0.505. The molecule has 1 fully saturated rings. The van der Waals surface area contributed by atoms with Crippen LogP contribution in [0.15, 0.2) is 24.3 Å². The fourth-order valence-electron chi connectivity index (χ4n) is 2.97. The normalized spacial score (nSPS) is 22.0. The SMILES string of the molecule is O=S(=O)(CCCNC1CC1)NC1CCc2ccccc2C1. The Bertz CT molecular complexity index is 582. The number of fused-ring (bicyclic) bond motifs is 1. The summed E-state index contributed by atoms with van der Waals surface area (Å²) >= 11 is 0. The summed E-state index contributed by atoms with van der Waals surface area (Å²) < 4.78 is 27.1. The van der Waals surface area contributed by atoms with Gasteiger partial charge in [0.05, 0.1) is 5.75 Å². The van der Waals surface area contributed by atoms with Crippen molar-refractivity contribution < 1.29 is 8.42 Å². The Hall–Kier alpha value is -0.910. The van der Waals surface area contributed by atoms with Crippen LogP contribution in [0.2, 0.25) is 0 Å². The molecule has 2 N–H and O–H groups in total. The first-order chi connectivity index (χ1) is 10.1. The molecule has 0 aliphatic heterocycles. The van der Waals surface area contributed by atoms with Crippen LogP contribution in [0.1, 0.15) is 36.8 Å². The molecule has 3 rings (SSSR count). The molecule has 0 saturated heterocycles. The zero-order valence-corrected chi connectivity index (χ0v) is 13.2. The van der Waals surface area contributed by atoms with Crippen LogP contribution < -0.4 is 10.0 Å².